The zero-order chi connectivity index (χ0) is 22.0. The van der Waals surface area contributed by atoms with Crippen LogP contribution in [0.25, 0.3) is 11.0 Å². The van der Waals surface area contributed by atoms with E-state index in [0.29, 0.717) is 11.9 Å². The van der Waals surface area contributed by atoms with Gasteiger partial charge in [-0.3, -0.25) is 14.2 Å². The maximum Gasteiger partial charge on any atom is 0.294 e. The number of benzene rings is 1. The maximum absolute atomic E-state index is 13.9. The molecule has 3 heterocycles. The van der Waals surface area contributed by atoms with E-state index in [-0.39, 0.29) is 22.3 Å². The van der Waals surface area contributed by atoms with Crippen molar-refractivity contribution in [2.24, 2.45) is 10.8 Å². The van der Waals surface area contributed by atoms with Gasteiger partial charge in [0.2, 0.25) is 5.91 Å². The molecule has 0 radical (unpaired) electrons. The molecule has 5 rings (SSSR count). The minimum atomic E-state index is -0.536. The van der Waals surface area contributed by atoms with Crippen LogP contribution in [0, 0.1) is 10.8 Å². The summed E-state index contributed by atoms with van der Waals surface area (Å²) < 4.78 is 1.70. The number of likely N-dealkylation sites (tertiary alicyclic amines) is 1. The Kier molecular flexibility index (Phi) is 4.68. The van der Waals surface area contributed by atoms with E-state index in [1.165, 1.54) is 6.42 Å². The van der Waals surface area contributed by atoms with Crippen LogP contribution in [-0.2, 0) is 4.79 Å². The zero-order valence-electron chi connectivity index (χ0n) is 19.2. The van der Waals surface area contributed by atoms with Crippen molar-refractivity contribution in [2.75, 3.05) is 24.5 Å². The lowest BCUT2D eigenvalue weighted by Crippen LogP contribution is -2.42. The van der Waals surface area contributed by atoms with E-state index in [2.05, 4.69) is 25.7 Å². The first-order valence-electron chi connectivity index (χ1n) is 11.7. The average Bonchev–Trinajstić information content (AvgIpc) is 3.32. The monoisotopic (exact) mass is 422 g/mol. The van der Waals surface area contributed by atoms with Crippen molar-refractivity contribution in [3.8, 4) is 0 Å². The van der Waals surface area contributed by atoms with Crippen molar-refractivity contribution in [3.05, 3.63) is 34.6 Å². The standard InChI is InChI=1S/C25H34N4O2/c1-17(22(30)27-11-7-8-12-27)29-20-10-6-5-9-19(20)26-21(23(29)31)28-16-25(4)14-18(28)13-24(2,3)15-25/h5-6,9-10,17-18H,7-8,11-16H2,1-4H3/t17-,18-,25+/m1/s1. The summed E-state index contributed by atoms with van der Waals surface area (Å²) in [4.78, 5) is 36.1. The molecule has 1 aromatic heterocycles. The lowest BCUT2D eigenvalue weighted by Gasteiger charge is -2.39. The summed E-state index contributed by atoms with van der Waals surface area (Å²) in [5.74, 6) is 0.557. The average molecular weight is 423 g/mol. The molecule has 1 amide bonds. The Bertz CT molecular complexity index is 1080. The van der Waals surface area contributed by atoms with Gasteiger partial charge in [0.15, 0.2) is 5.82 Å². The normalized spacial score (nSPS) is 28.3. The van der Waals surface area contributed by atoms with Crippen molar-refractivity contribution >= 4 is 22.8 Å². The van der Waals surface area contributed by atoms with Gasteiger partial charge >= 0.3 is 0 Å². The van der Waals surface area contributed by atoms with Crippen LogP contribution in [0.5, 0.6) is 0 Å². The van der Waals surface area contributed by atoms with Gasteiger partial charge in [0.1, 0.15) is 6.04 Å². The first-order valence-corrected chi connectivity index (χ1v) is 11.7. The summed E-state index contributed by atoms with van der Waals surface area (Å²) in [7, 11) is 0. The quantitative estimate of drug-likeness (QED) is 0.751. The number of rotatable bonds is 3. The van der Waals surface area contributed by atoms with E-state index >= 15 is 0 Å². The van der Waals surface area contributed by atoms with E-state index in [1.54, 1.807) is 4.57 Å². The minimum absolute atomic E-state index is 0.0372. The molecule has 166 valence electrons. The highest BCUT2D eigenvalue weighted by Gasteiger charge is 2.50. The Hall–Kier alpha value is -2.37. The van der Waals surface area contributed by atoms with Crippen LogP contribution < -0.4 is 10.5 Å². The van der Waals surface area contributed by atoms with E-state index in [9.17, 15) is 9.59 Å². The number of carbonyl (C=O) groups is 1. The highest BCUT2D eigenvalue weighted by Crippen LogP contribution is 2.53. The van der Waals surface area contributed by atoms with Crippen LogP contribution >= 0.6 is 0 Å². The number of hydrogen-bond donors (Lipinski definition) is 0. The van der Waals surface area contributed by atoms with Crippen molar-refractivity contribution < 1.29 is 4.79 Å². The number of para-hydroxylation sites is 2. The maximum atomic E-state index is 13.9. The van der Waals surface area contributed by atoms with Crippen LogP contribution in [0.15, 0.2) is 29.1 Å². The summed E-state index contributed by atoms with van der Waals surface area (Å²) in [6.07, 6.45) is 5.42. The molecule has 0 unspecified atom stereocenters. The molecule has 2 aliphatic heterocycles. The van der Waals surface area contributed by atoms with Gasteiger partial charge in [-0.2, -0.15) is 0 Å². The number of fused-ring (bicyclic) bond motifs is 3. The summed E-state index contributed by atoms with van der Waals surface area (Å²) in [5.41, 5.74) is 1.86. The van der Waals surface area contributed by atoms with Crippen LogP contribution in [-0.4, -0.2) is 46.0 Å². The number of hydrogen-bond acceptors (Lipinski definition) is 4. The fourth-order valence-corrected chi connectivity index (χ4v) is 6.73. The summed E-state index contributed by atoms with van der Waals surface area (Å²) in [5, 5.41) is 0. The van der Waals surface area contributed by atoms with Gasteiger partial charge in [-0.15, -0.1) is 0 Å². The molecule has 1 aromatic carbocycles. The summed E-state index contributed by atoms with van der Waals surface area (Å²) >= 11 is 0. The van der Waals surface area contributed by atoms with E-state index in [1.807, 2.05) is 36.1 Å². The second-order valence-corrected chi connectivity index (χ2v) is 11.1. The molecule has 3 fully saturated rings. The van der Waals surface area contributed by atoms with Gasteiger partial charge in [0.05, 0.1) is 11.0 Å². The molecule has 0 spiro atoms. The van der Waals surface area contributed by atoms with Gasteiger partial charge in [0, 0.05) is 25.7 Å². The number of nitrogens with zero attached hydrogens (tertiary/aromatic N) is 4. The van der Waals surface area contributed by atoms with Crippen molar-refractivity contribution in [3.63, 3.8) is 0 Å². The van der Waals surface area contributed by atoms with Crippen molar-refractivity contribution in [1.82, 2.24) is 14.5 Å². The second-order valence-electron chi connectivity index (χ2n) is 11.1. The van der Waals surface area contributed by atoms with Gasteiger partial charge in [-0.25, -0.2) is 4.98 Å². The molecule has 31 heavy (non-hydrogen) atoms. The molecule has 2 aromatic rings. The highest BCUT2D eigenvalue weighted by atomic mass is 16.2. The molecule has 2 saturated heterocycles. The largest absolute Gasteiger partial charge is 0.348 e. The third-order valence-corrected chi connectivity index (χ3v) is 7.63. The van der Waals surface area contributed by atoms with Crippen molar-refractivity contribution in [2.45, 2.75) is 71.9 Å². The number of anilines is 1. The Morgan fingerprint density at radius 1 is 1.13 bits per heavy atom. The Morgan fingerprint density at radius 3 is 2.58 bits per heavy atom. The first kappa shape index (κ1) is 20.5. The van der Waals surface area contributed by atoms with Gasteiger partial charge in [0.25, 0.3) is 5.56 Å². The van der Waals surface area contributed by atoms with Crippen LogP contribution in [0.4, 0.5) is 5.82 Å². The highest BCUT2D eigenvalue weighted by molar-refractivity contribution is 5.84. The molecular weight excluding hydrogens is 388 g/mol. The summed E-state index contributed by atoms with van der Waals surface area (Å²) in [6.45, 7) is 11.3. The molecule has 1 aliphatic carbocycles. The number of amides is 1. The lowest BCUT2D eigenvalue weighted by atomic mass is 9.65. The topological polar surface area (TPSA) is 58.4 Å². The molecule has 0 N–H and O–H groups in total. The van der Waals surface area contributed by atoms with Crippen molar-refractivity contribution in [1.29, 1.82) is 0 Å². The van der Waals surface area contributed by atoms with Gasteiger partial charge < -0.3 is 9.80 Å². The molecule has 2 bridgehead atoms. The van der Waals surface area contributed by atoms with E-state index in [0.717, 1.165) is 56.4 Å². The lowest BCUT2D eigenvalue weighted by molar-refractivity contribution is -0.133. The first-order chi connectivity index (χ1) is 14.7. The van der Waals surface area contributed by atoms with E-state index in [4.69, 9.17) is 4.98 Å². The van der Waals surface area contributed by atoms with Crippen LogP contribution in [0.1, 0.15) is 65.8 Å². The molecular formula is C25H34N4O2. The van der Waals surface area contributed by atoms with Crippen LogP contribution in [0.3, 0.4) is 0 Å². The smallest absolute Gasteiger partial charge is 0.294 e. The molecule has 3 aliphatic rings. The van der Waals surface area contributed by atoms with Crippen LogP contribution in [0.2, 0.25) is 0 Å². The third kappa shape index (κ3) is 3.44. The predicted octanol–water partition coefficient (Wildman–Crippen LogP) is 3.98. The number of carbonyl (C=O) groups excluding carboxylic acids is 1. The zero-order valence-corrected chi connectivity index (χ0v) is 19.2. The SMILES string of the molecule is C[C@H](C(=O)N1CCCC1)n1c(=O)c(N2C[C@@]3(C)C[C@H]2CC(C)(C)C3)nc2ccccc21. The van der Waals surface area contributed by atoms with E-state index < -0.39 is 6.04 Å². The fraction of sp³-hybridized carbons (Fsp3) is 0.640. The van der Waals surface area contributed by atoms with Gasteiger partial charge in [-0.1, -0.05) is 32.9 Å². The third-order valence-electron chi connectivity index (χ3n) is 7.63. The fourth-order valence-electron chi connectivity index (χ4n) is 6.73. The molecule has 6 nitrogen and oxygen atoms in total. The Morgan fingerprint density at radius 2 is 1.84 bits per heavy atom. The van der Waals surface area contributed by atoms with Gasteiger partial charge in [-0.05, 0) is 62.0 Å². The summed E-state index contributed by atoms with van der Waals surface area (Å²) in [6, 6.07) is 7.52. The predicted molar refractivity (Wildman–Crippen MR) is 123 cm³/mol. The minimum Gasteiger partial charge on any atom is -0.348 e. The second kappa shape index (κ2) is 7.07. The Labute approximate surface area is 184 Å². The Balaban J connectivity index is 1.62. The molecule has 3 atom stereocenters. The molecule has 6 heteroatoms. The number of aromatic nitrogens is 2. The molecule has 1 saturated carbocycles.